The van der Waals surface area contributed by atoms with Gasteiger partial charge in [0.05, 0.1) is 11.5 Å². The number of hydrogen-bond donors (Lipinski definition) is 1. The van der Waals surface area contributed by atoms with Gasteiger partial charge in [0.15, 0.2) is 5.82 Å². The summed E-state index contributed by atoms with van der Waals surface area (Å²) < 4.78 is 0. The molecular weight excluding hydrogens is 304 g/mol. The maximum atomic E-state index is 12.4. The molecule has 1 fully saturated rings. The summed E-state index contributed by atoms with van der Waals surface area (Å²) in [6.07, 6.45) is 6.95. The Morgan fingerprint density at radius 2 is 2.42 bits per heavy atom. The molecular formula is C17H22N6O. The van der Waals surface area contributed by atoms with Gasteiger partial charge in [-0.3, -0.25) is 9.80 Å². The molecule has 0 saturated carbocycles. The quantitative estimate of drug-likeness (QED) is 0.819. The lowest BCUT2D eigenvalue weighted by Gasteiger charge is -2.38. The average Bonchev–Trinajstić information content (AvgIpc) is 3.10. The van der Waals surface area contributed by atoms with E-state index in [-0.39, 0.29) is 11.7 Å². The third kappa shape index (κ3) is 3.39. The van der Waals surface area contributed by atoms with Crippen LogP contribution in [0.15, 0.2) is 18.6 Å². The number of ketones is 1. The minimum atomic E-state index is 0.0449. The zero-order chi connectivity index (χ0) is 16.9. The first-order valence-corrected chi connectivity index (χ1v) is 8.37. The van der Waals surface area contributed by atoms with Crippen LogP contribution in [0.4, 0.5) is 5.82 Å². The molecule has 0 aliphatic carbocycles. The lowest BCUT2D eigenvalue weighted by molar-refractivity contribution is -0.124. The monoisotopic (exact) mass is 326 g/mol. The van der Waals surface area contributed by atoms with E-state index in [1.165, 1.54) is 0 Å². The second-order valence-electron chi connectivity index (χ2n) is 6.19. The number of carbonyl (C=O) groups is 1. The zero-order valence-corrected chi connectivity index (χ0v) is 13.9. The van der Waals surface area contributed by atoms with Crippen LogP contribution in [-0.4, -0.2) is 45.9 Å². The van der Waals surface area contributed by atoms with Crippen LogP contribution in [-0.2, 0) is 4.79 Å². The van der Waals surface area contributed by atoms with Crippen molar-refractivity contribution in [3.8, 4) is 6.07 Å². The molecule has 0 amide bonds. The minimum Gasteiger partial charge on any atom is -0.346 e. The van der Waals surface area contributed by atoms with Crippen LogP contribution in [0.25, 0.3) is 11.0 Å². The Labute approximate surface area is 141 Å². The van der Waals surface area contributed by atoms with Crippen LogP contribution in [0, 0.1) is 17.2 Å². The SMILES string of the molecule is CN(c1ncnc2[nH]ccc12)N1CCCC(C(=O)CCCC#N)C1. The molecule has 1 atom stereocenters. The number of piperidine rings is 1. The highest BCUT2D eigenvalue weighted by Crippen LogP contribution is 2.26. The number of rotatable bonds is 6. The topological polar surface area (TPSA) is 88.9 Å². The van der Waals surface area contributed by atoms with Crippen LogP contribution < -0.4 is 5.01 Å². The summed E-state index contributed by atoms with van der Waals surface area (Å²) in [5, 5.41) is 13.8. The Morgan fingerprint density at radius 1 is 1.54 bits per heavy atom. The van der Waals surface area contributed by atoms with Gasteiger partial charge in [-0.1, -0.05) is 0 Å². The molecule has 3 rings (SSSR count). The van der Waals surface area contributed by atoms with Crippen LogP contribution >= 0.6 is 0 Å². The number of anilines is 1. The number of unbranched alkanes of at least 4 members (excludes halogenated alkanes) is 1. The second kappa shape index (κ2) is 7.41. The fourth-order valence-electron chi connectivity index (χ4n) is 3.29. The molecule has 0 bridgehead atoms. The van der Waals surface area contributed by atoms with E-state index in [2.05, 4.69) is 26.0 Å². The number of hydrazine groups is 1. The van der Waals surface area contributed by atoms with Crippen molar-refractivity contribution in [1.29, 1.82) is 5.26 Å². The fourth-order valence-corrected chi connectivity index (χ4v) is 3.29. The molecule has 1 aliphatic heterocycles. The first-order valence-electron chi connectivity index (χ1n) is 8.37. The second-order valence-corrected chi connectivity index (χ2v) is 6.19. The van der Waals surface area contributed by atoms with Gasteiger partial charge in [0.25, 0.3) is 0 Å². The maximum absolute atomic E-state index is 12.4. The number of fused-ring (bicyclic) bond motifs is 1. The third-order valence-electron chi connectivity index (χ3n) is 4.63. The van der Waals surface area contributed by atoms with Crippen molar-refractivity contribution in [2.75, 3.05) is 25.1 Å². The molecule has 126 valence electrons. The zero-order valence-electron chi connectivity index (χ0n) is 13.9. The Morgan fingerprint density at radius 3 is 3.25 bits per heavy atom. The first kappa shape index (κ1) is 16.4. The lowest BCUT2D eigenvalue weighted by Crippen LogP contribution is -2.48. The summed E-state index contributed by atoms with van der Waals surface area (Å²) >= 11 is 0. The molecule has 1 saturated heterocycles. The largest absolute Gasteiger partial charge is 0.346 e. The fraction of sp³-hybridized carbons (Fsp3) is 0.529. The van der Waals surface area contributed by atoms with Gasteiger partial charge in [-0.15, -0.1) is 0 Å². The number of aromatic amines is 1. The van der Waals surface area contributed by atoms with Crippen molar-refractivity contribution in [3.63, 3.8) is 0 Å². The van der Waals surface area contributed by atoms with Gasteiger partial charge in [-0.25, -0.2) is 15.0 Å². The van der Waals surface area contributed by atoms with Crippen LogP contribution in [0.3, 0.4) is 0 Å². The van der Waals surface area contributed by atoms with Crippen molar-refractivity contribution in [1.82, 2.24) is 20.0 Å². The van der Waals surface area contributed by atoms with E-state index in [9.17, 15) is 4.79 Å². The molecule has 7 nitrogen and oxygen atoms in total. The van der Waals surface area contributed by atoms with Gasteiger partial charge < -0.3 is 4.98 Å². The predicted molar refractivity (Wildman–Crippen MR) is 91.1 cm³/mol. The van der Waals surface area contributed by atoms with Crippen molar-refractivity contribution in [3.05, 3.63) is 18.6 Å². The number of carbonyl (C=O) groups excluding carboxylic acids is 1. The molecule has 1 N–H and O–H groups in total. The van der Waals surface area contributed by atoms with Gasteiger partial charge in [0, 0.05) is 45.1 Å². The van der Waals surface area contributed by atoms with Crippen molar-refractivity contribution < 1.29 is 4.79 Å². The van der Waals surface area contributed by atoms with Gasteiger partial charge >= 0.3 is 0 Å². The van der Waals surface area contributed by atoms with Gasteiger partial charge in [-0.2, -0.15) is 5.26 Å². The Kier molecular flexibility index (Phi) is 5.06. The van der Waals surface area contributed by atoms with Crippen LogP contribution in [0.1, 0.15) is 32.1 Å². The minimum absolute atomic E-state index is 0.0449. The summed E-state index contributed by atoms with van der Waals surface area (Å²) in [5.41, 5.74) is 0.813. The summed E-state index contributed by atoms with van der Waals surface area (Å²) in [5.74, 6) is 1.17. The van der Waals surface area contributed by atoms with E-state index in [1.807, 2.05) is 24.3 Å². The smallest absolute Gasteiger partial charge is 0.155 e. The summed E-state index contributed by atoms with van der Waals surface area (Å²) in [7, 11) is 1.98. The molecule has 0 spiro atoms. The van der Waals surface area contributed by atoms with E-state index >= 15 is 0 Å². The number of hydrogen-bond acceptors (Lipinski definition) is 6. The van der Waals surface area contributed by atoms with E-state index < -0.39 is 0 Å². The van der Waals surface area contributed by atoms with Gasteiger partial charge in [0.1, 0.15) is 17.8 Å². The molecule has 24 heavy (non-hydrogen) atoms. The standard InChI is InChI=1S/C17H22N6O/c1-22(17-14-7-9-19-16(14)20-12-21-17)23-10-4-5-13(11-23)15(24)6-2-3-8-18/h7,9,12-13H,2-6,10-11H2,1H3,(H,19,20,21). The third-order valence-corrected chi connectivity index (χ3v) is 4.63. The Bertz CT molecular complexity index is 749. The van der Waals surface area contributed by atoms with Crippen molar-refractivity contribution in [2.24, 2.45) is 5.92 Å². The van der Waals surface area contributed by atoms with Crippen molar-refractivity contribution in [2.45, 2.75) is 32.1 Å². The Balaban J connectivity index is 1.69. The van der Waals surface area contributed by atoms with E-state index in [0.717, 1.165) is 36.2 Å². The molecule has 2 aromatic rings. The van der Waals surface area contributed by atoms with Crippen LogP contribution in [0.2, 0.25) is 0 Å². The molecule has 1 aliphatic rings. The molecule has 7 heteroatoms. The maximum Gasteiger partial charge on any atom is 0.155 e. The van der Waals surface area contributed by atoms with E-state index in [4.69, 9.17) is 5.26 Å². The van der Waals surface area contributed by atoms with E-state index in [0.29, 0.717) is 25.8 Å². The van der Waals surface area contributed by atoms with Gasteiger partial charge in [0.2, 0.25) is 0 Å². The predicted octanol–water partition coefficient (Wildman–Crippen LogP) is 2.28. The number of aromatic nitrogens is 3. The normalized spacial score (nSPS) is 18.4. The molecule has 2 aromatic heterocycles. The van der Waals surface area contributed by atoms with E-state index in [1.54, 1.807) is 6.33 Å². The highest BCUT2D eigenvalue weighted by atomic mass is 16.1. The summed E-state index contributed by atoms with van der Waals surface area (Å²) in [4.78, 5) is 24.1. The lowest BCUT2D eigenvalue weighted by atomic mass is 9.92. The molecule has 1 unspecified atom stereocenters. The molecule has 0 aromatic carbocycles. The highest BCUT2D eigenvalue weighted by Gasteiger charge is 2.28. The number of nitrogens with zero attached hydrogens (tertiary/aromatic N) is 5. The number of nitrogens with one attached hydrogen (secondary N) is 1. The Hall–Kier alpha value is -2.46. The highest BCUT2D eigenvalue weighted by molar-refractivity contribution is 5.87. The number of nitriles is 1. The molecule has 3 heterocycles. The number of H-pyrrole nitrogens is 1. The van der Waals surface area contributed by atoms with Gasteiger partial charge in [-0.05, 0) is 25.3 Å². The summed E-state index contributed by atoms with van der Waals surface area (Å²) in [6.45, 7) is 1.62. The average molecular weight is 326 g/mol. The van der Waals surface area contributed by atoms with Crippen LogP contribution in [0.5, 0.6) is 0 Å². The molecule has 0 radical (unpaired) electrons. The number of Topliss-reactive ketones (excluding diaryl/α,β-unsaturated/α-hetero) is 1. The summed E-state index contributed by atoms with van der Waals surface area (Å²) in [6, 6.07) is 4.07. The van der Waals surface area contributed by atoms with Crippen molar-refractivity contribution >= 4 is 22.6 Å². The first-order chi connectivity index (χ1) is 11.7.